The molecule has 2 aromatic heterocycles. The second-order valence-corrected chi connectivity index (χ2v) is 7.73. The molecule has 158 valence electrons. The Kier molecular flexibility index (Phi) is 6.47. The monoisotopic (exact) mass is 456 g/mol. The number of nitrogens with one attached hydrogen (secondary N) is 1. The molecule has 6 nitrogen and oxygen atoms in total. The molecule has 0 aliphatic heterocycles. The van der Waals surface area contributed by atoms with Gasteiger partial charge in [-0.3, -0.25) is 9.59 Å². The molecule has 0 saturated carbocycles. The Hall–Kier alpha value is -2.85. The fourth-order valence-electron chi connectivity index (χ4n) is 2.68. The number of amides is 2. The Morgan fingerprint density at radius 3 is 2.73 bits per heavy atom. The summed E-state index contributed by atoms with van der Waals surface area (Å²) < 4.78 is 39.0. The molecule has 1 N–H and O–H groups in total. The van der Waals surface area contributed by atoms with Gasteiger partial charge in [-0.15, -0.1) is 11.3 Å². The Morgan fingerprint density at radius 1 is 1.30 bits per heavy atom. The van der Waals surface area contributed by atoms with E-state index in [2.05, 4.69) is 10.3 Å². The van der Waals surface area contributed by atoms with Gasteiger partial charge in [-0.1, -0.05) is 17.7 Å². The fraction of sp³-hybridized carbons (Fsp3) is 0.211. The number of anilines is 1. The van der Waals surface area contributed by atoms with Crippen LogP contribution in [-0.4, -0.2) is 39.5 Å². The predicted molar refractivity (Wildman–Crippen MR) is 108 cm³/mol. The molecule has 0 aliphatic rings. The van der Waals surface area contributed by atoms with Crippen LogP contribution in [0.25, 0.3) is 0 Å². The van der Waals surface area contributed by atoms with Crippen molar-refractivity contribution in [3.05, 3.63) is 69.4 Å². The van der Waals surface area contributed by atoms with Crippen molar-refractivity contribution >= 4 is 40.4 Å². The molecule has 0 spiro atoms. The zero-order valence-electron chi connectivity index (χ0n) is 15.6. The van der Waals surface area contributed by atoms with Crippen LogP contribution in [0.15, 0.2) is 48.1 Å². The van der Waals surface area contributed by atoms with Crippen LogP contribution >= 0.6 is 22.9 Å². The summed E-state index contributed by atoms with van der Waals surface area (Å²) in [6.45, 7) is -1.31. The first-order valence-electron chi connectivity index (χ1n) is 8.60. The minimum Gasteiger partial charge on any atom is -0.334 e. The van der Waals surface area contributed by atoms with Gasteiger partial charge in [0.05, 0.1) is 22.1 Å². The Bertz CT molecular complexity index is 1050. The number of hydrogen-bond donors (Lipinski definition) is 1. The summed E-state index contributed by atoms with van der Waals surface area (Å²) in [7, 11) is 1.45. The average molecular weight is 457 g/mol. The number of nitrogens with zero attached hydrogens (tertiary/aromatic N) is 3. The lowest BCUT2D eigenvalue weighted by molar-refractivity contribution is -0.141. The van der Waals surface area contributed by atoms with Crippen molar-refractivity contribution in [2.45, 2.75) is 19.3 Å². The lowest BCUT2D eigenvalue weighted by atomic mass is 10.1. The third kappa shape index (κ3) is 5.39. The van der Waals surface area contributed by atoms with E-state index < -0.39 is 18.6 Å². The van der Waals surface area contributed by atoms with E-state index in [9.17, 15) is 22.8 Å². The van der Waals surface area contributed by atoms with Gasteiger partial charge in [0.1, 0.15) is 12.4 Å². The van der Waals surface area contributed by atoms with E-state index in [0.717, 1.165) is 4.57 Å². The number of benzene rings is 1. The maximum atomic E-state index is 12.8. The zero-order valence-corrected chi connectivity index (χ0v) is 17.2. The SMILES string of the molecule is CN(Cc1nccn1CC(F)(F)F)C(=O)c1ccc(Cl)c(NC(=O)c2cccs2)c1. The van der Waals surface area contributed by atoms with Crippen LogP contribution in [0, 0.1) is 0 Å². The van der Waals surface area contributed by atoms with Gasteiger partial charge in [0.2, 0.25) is 0 Å². The van der Waals surface area contributed by atoms with E-state index in [0.29, 0.717) is 4.88 Å². The Balaban J connectivity index is 1.74. The first-order valence-corrected chi connectivity index (χ1v) is 9.86. The highest BCUT2D eigenvalue weighted by Crippen LogP contribution is 2.25. The largest absolute Gasteiger partial charge is 0.406 e. The number of thiophene rings is 1. The molecular formula is C19H16ClF3N4O2S. The highest BCUT2D eigenvalue weighted by atomic mass is 35.5. The highest BCUT2D eigenvalue weighted by molar-refractivity contribution is 7.12. The minimum absolute atomic E-state index is 0.100. The Labute approximate surface area is 178 Å². The maximum Gasteiger partial charge on any atom is 0.406 e. The molecule has 0 bridgehead atoms. The van der Waals surface area contributed by atoms with Gasteiger partial charge in [0.25, 0.3) is 11.8 Å². The molecule has 0 radical (unpaired) electrons. The zero-order chi connectivity index (χ0) is 21.9. The molecule has 3 aromatic rings. The van der Waals surface area contributed by atoms with Crippen molar-refractivity contribution in [1.82, 2.24) is 14.5 Å². The first-order chi connectivity index (χ1) is 14.1. The van der Waals surface area contributed by atoms with Crippen molar-refractivity contribution in [3.8, 4) is 0 Å². The number of halogens is 4. The smallest absolute Gasteiger partial charge is 0.334 e. The summed E-state index contributed by atoms with van der Waals surface area (Å²) in [6.07, 6.45) is -1.94. The first kappa shape index (κ1) is 21.8. The molecule has 0 saturated heterocycles. The summed E-state index contributed by atoms with van der Waals surface area (Å²) in [5, 5.41) is 4.66. The number of hydrogen-bond acceptors (Lipinski definition) is 4. The van der Waals surface area contributed by atoms with Gasteiger partial charge in [0, 0.05) is 25.0 Å². The molecule has 30 heavy (non-hydrogen) atoms. The quantitative estimate of drug-likeness (QED) is 0.585. The molecular weight excluding hydrogens is 441 g/mol. The molecule has 1 aromatic carbocycles. The number of alkyl halides is 3. The molecule has 0 fully saturated rings. The van der Waals surface area contributed by atoms with Gasteiger partial charge in [0.15, 0.2) is 0 Å². The van der Waals surface area contributed by atoms with Gasteiger partial charge < -0.3 is 14.8 Å². The van der Waals surface area contributed by atoms with Crippen molar-refractivity contribution in [2.24, 2.45) is 0 Å². The van der Waals surface area contributed by atoms with Crippen molar-refractivity contribution in [1.29, 1.82) is 0 Å². The average Bonchev–Trinajstić information content (AvgIpc) is 3.34. The number of imidazole rings is 1. The lowest BCUT2D eigenvalue weighted by Gasteiger charge is -2.19. The highest BCUT2D eigenvalue weighted by Gasteiger charge is 2.29. The lowest BCUT2D eigenvalue weighted by Crippen LogP contribution is -2.29. The molecule has 0 atom stereocenters. The molecule has 0 aliphatic carbocycles. The van der Waals surface area contributed by atoms with Crippen LogP contribution in [0.1, 0.15) is 25.9 Å². The molecule has 0 unspecified atom stereocenters. The second-order valence-electron chi connectivity index (χ2n) is 6.37. The summed E-state index contributed by atoms with van der Waals surface area (Å²) in [5.74, 6) is -0.720. The second kappa shape index (κ2) is 8.88. The van der Waals surface area contributed by atoms with Gasteiger partial charge in [-0.2, -0.15) is 13.2 Å². The fourth-order valence-corrected chi connectivity index (χ4v) is 3.46. The van der Waals surface area contributed by atoms with Crippen LogP contribution in [0.3, 0.4) is 0 Å². The Morgan fingerprint density at radius 2 is 2.07 bits per heavy atom. The van der Waals surface area contributed by atoms with Crippen LogP contribution in [0.4, 0.5) is 18.9 Å². The number of carbonyl (C=O) groups excluding carboxylic acids is 2. The molecule has 2 heterocycles. The van der Waals surface area contributed by atoms with E-state index in [-0.39, 0.29) is 34.5 Å². The summed E-state index contributed by atoms with van der Waals surface area (Å²) in [5.41, 5.74) is 0.477. The third-order valence-electron chi connectivity index (χ3n) is 4.08. The molecule has 11 heteroatoms. The number of carbonyl (C=O) groups is 2. The maximum absolute atomic E-state index is 12.8. The van der Waals surface area contributed by atoms with E-state index in [1.165, 1.54) is 53.9 Å². The predicted octanol–water partition coefficient (Wildman–Crippen LogP) is 4.68. The van der Waals surface area contributed by atoms with Crippen LogP contribution < -0.4 is 5.32 Å². The van der Waals surface area contributed by atoms with Gasteiger partial charge in [-0.25, -0.2) is 4.98 Å². The van der Waals surface area contributed by atoms with E-state index >= 15 is 0 Å². The molecule has 2 amide bonds. The van der Waals surface area contributed by atoms with Gasteiger partial charge >= 0.3 is 6.18 Å². The van der Waals surface area contributed by atoms with Crippen LogP contribution in [0.5, 0.6) is 0 Å². The van der Waals surface area contributed by atoms with E-state index in [1.54, 1.807) is 17.5 Å². The van der Waals surface area contributed by atoms with Crippen LogP contribution in [-0.2, 0) is 13.1 Å². The van der Waals surface area contributed by atoms with Crippen molar-refractivity contribution in [3.63, 3.8) is 0 Å². The number of aromatic nitrogens is 2. The summed E-state index contributed by atoms with van der Waals surface area (Å²) >= 11 is 7.39. The number of rotatable bonds is 6. The molecule has 3 rings (SSSR count). The van der Waals surface area contributed by atoms with E-state index in [4.69, 9.17) is 11.6 Å². The summed E-state index contributed by atoms with van der Waals surface area (Å²) in [4.78, 5) is 30.6. The van der Waals surface area contributed by atoms with E-state index in [1.807, 2.05) is 0 Å². The minimum atomic E-state index is -4.40. The summed E-state index contributed by atoms with van der Waals surface area (Å²) in [6, 6.07) is 7.76. The standard InChI is InChI=1S/C19H16ClF3N4O2S/c1-26(10-16-24-6-7-27(16)11-19(21,22)23)18(29)12-4-5-13(20)14(9-12)25-17(28)15-3-2-8-30-15/h2-9H,10-11H2,1H3,(H,25,28). The van der Waals surface area contributed by atoms with Gasteiger partial charge in [-0.05, 0) is 29.6 Å². The van der Waals surface area contributed by atoms with Crippen molar-refractivity contribution in [2.75, 3.05) is 12.4 Å². The van der Waals surface area contributed by atoms with Crippen LogP contribution in [0.2, 0.25) is 5.02 Å². The topological polar surface area (TPSA) is 67.2 Å². The normalized spacial score (nSPS) is 11.4. The third-order valence-corrected chi connectivity index (χ3v) is 5.28. The van der Waals surface area contributed by atoms with Crippen molar-refractivity contribution < 1.29 is 22.8 Å².